The van der Waals surface area contributed by atoms with Gasteiger partial charge in [-0.1, -0.05) is 18.2 Å². The lowest BCUT2D eigenvalue weighted by atomic mass is 10.1. The zero-order valence-electron chi connectivity index (χ0n) is 18.3. The van der Waals surface area contributed by atoms with Crippen LogP contribution in [0.4, 0.5) is 4.39 Å². The Labute approximate surface area is 188 Å². The number of nitrogens with zero attached hydrogens (tertiary/aromatic N) is 5. The number of amides is 1. The highest BCUT2D eigenvalue weighted by Crippen LogP contribution is 2.31. The molecule has 166 valence electrons. The summed E-state index contributed by atoms with van der Waals surface area (Å²) in [5, 5.41) is 13.9. The molecule has 8 nitrogen and oxygen atoms in total. The van der Waals surface area contributed by atoms with Crippen molar-refractivity contribution < 1.29 is 9.18 Å². The SMILES string of the molecule is Cc1nc(CNC(=O)C(C)CN(C)C)sc1-c1cccc(-c2cc(F)c3nn[nH]c3c2)n1. The van der Waals surface area contributed by atoms with Crippen LogP contribution in [0.25, 0.3) is 32.9 Å². The van der Waals surface area contributed by atoms with Crippen LogP contribution in [0.1, 0.15) is 17.6 Å². The minimum Gasteiger partial charge on any atom is -0.349 e. The number of aromatic amines is 1. The van der Waals surface area contributed by atoms with E-state index in [4.69, 9.17) is 4.98 Å². The Bertz CT molecular complexity index is 1270. The van der Waals surface area contributed by atoms with Gasteiger partial charge in [0.25, 0.3) is 0 Å². The summed E-state index contributed by atoms with van der Waals surface area (Å²) >= 11 is 1.49. The van der Waals surface area contributed by atoms with Crippen molar-refractivity contribution in [2.75, 3.05) is 20.6 Å². The Morgan fingerprint density at radius 3 is 2.81 bits per heavy atom. The molecule has 0 radical (unpaired) electrons. The highest BCUT2D eigenvalue weighted by atomic mass is 32.1. The minimum absolute atomic E-state index is 0.000981. The number of halogens is 1. The van der Waals surface area contributed by atoms with Crippen molar-refractivity contribution >= 4 is 28.3 Å². The van der Waals surface area contributed by atoms with Crippen LogP contribution in [0.3, 0.4) is 0 Å². The predicted octanol–water partition coefficient (Wildman–Crippen LogP) is 3.40. The molecule has 32 heavy (non-hydrogen) atoms. The molecule has 0 aliphatic heterocycles. The number of thiazole rings is 1. The summed E-state index contributed by atoms with van der Waals surface area (Å²) in [5.74, 6) is -0.556. The van der Waals surface area contributed by atoms with E-state index < -0.39 is 5.82 Å². The molecule has 0 aliphatic rings. The molecule has 10 heteroatoms. The first-order valence-corrected chi connectivity index (χ1v) is 11.0. The van der Waals surface area contributed by atoms with Crippen molar-refractivity contribution in [3.05, 3.63) is 46.9 Å². The highest BCUT2D eigenvalue weighted by molar-refractivity contribution is 7.15. The van der Waals surface area contributed by atoms with Crippen molar-refractivity contribution in [3.8, 4) is 21.8 Å². The van der Waals surface area contributed by atoms with Crippen molar-refractivity contribution in [1.82, 2.24) is 35.6 Å². The Hall–Kier alpha value is -3.24. The number of rotatable bonds is 7. The topological polar surface area (TPSA) is 99.7 Å². The molecule has 1 unspecified atom stereocenters. The van der Waals surface area contributed by atoms with E-state index in [2.05, 4.69) is 25.7 Å². The number of pyridine rings is 1. The van der Waals surface area contributed by atoms with Crippen LogP contribution >= 0.6 is 11.3 Å². The average molecular weight is 454 g/mol. The molecule has 0 saturated heterocycles. The first kappa shape index (κ1) is 22.0. The molecular weight excluding hydrogens is 429 g/mol. The maximum atomic E-state index is 14.3. The van der Waals surface area contributed by atoms with Crippen molar-refractivity contribution in [1.29, 1.82) is 0 Å². The summed E-state index contributed by atoms with van der Waals surface area (Å²) in [6.45, 7) is 4.88. The Kier molecular flexibility index (Phi) is 6.24. The van der Waals surface area contributed by atoms with Crippen LogP contribution in [0, 0.1) is 18.7 Å². The molecule has 0 saturated carbocycles. The normalized spacial score (nSPS) is 12.4. The van der Waals surface area contributed by atoms with Gasteiger partial charge in [0.05, 0.1) is 34.0 Å². The van der Waals surface area contributed by atoms with E-state index in [9.17, 15) is 9.18 Å². The first-order chi connectivity index (χ1) is 15.3. The Balaban J connectivity index is 1.54. The second kappa shape index (κ2) is 9.09. The van der Waals surface area contributed by atoms with Crippen LogP contribution in [0.15, 0.2) is 30.3 Å². The van der Waals surface area contributed by atoms with Crippen LogP contribution < -0.4 is 5.32 Å². The van der Waals surface area contributed by atoms with Crippen LogP contribution in [-0.2, 0) is 11.3 Å². The molecule has 1 amide bonds. The zero-order valence-corrected chi connectivity index (χ0v) is 19.1. The van der Waals surface area contributed by atoms with Gasteiger partial charge >= 0.3 is 0 Å². The van der Waals surface area contributed by atoms with E-state index in [0.717, 1.165) is 21.3 Å². The molecule has 2 N–H and O–H groups in total. The van der Waals surface area contributed by atoms with Gasteiger partial charge in [-0.2, -0.15) is 0 Å². The van der Waals surface area contributed by atoms with Crippen LogP contribution in [0.2, 0.25) is 0 Å². The summed E-state index contributed by atoms with van der Waals surface area (Å²) in [6, 6.07) is 8.80. The Morgan fingerprint density at radius 2 is 2.03 bits per heavy atom. The molecule has 3 aromatic heterocycles. The van der Waals surface area contributed by atoms with Gasteiger partial charge in [0.1, 0.15) is 10.5 Å². The number of nitrogens with one attached hydrogen (secondary N) is 2. The van der Waals surface area contributed by atoms with Gasteiger partial charge in [0.2, 0.25) is 5.91 Å². The number of aryl methyl sites for hydroxylation is 1. The fourth-order valence-corrected chi connectivity index (χ4v) is 4.49. The molecule has 0 fully saturated rings. The third-order valence-corrected chi connectivity index (χ3v) is 6.18. The molecule has 0 spiro atoms. The standard InChI is InChI=1S/C22H24FN7OS/c1-12(11-30(3)4)22(31)24-10-19-25-13(2)21(32-19)17-7-5-6-16(26-17)14-8-15(23)20-18(9-14)27-29-28-20/h5-9,12H,10-11H2,1-4H3,(H,24,31)(H,27,28,29). The molecule has 4 aromatic rings. The van der Waals surface area contributed by atoms with E-state index in [-0.39, 0.29) is 17.3 Å². The molecule has 1 atom stereocenters. The van der Waals surface area contributed by atoms with E-state index in [1.807, 2.05) is 51.0 Å². The zero-order chi connectivity index (χ0) is 22.8. The summed E-state index contributed by atoms with van der Waals surface area (Å²) in [6.07, 6.45) is 0. The summed E-state index contributed by atoms with van der Waals surface area (Å²) in [5.41, 5.74) is 3.58. The number of fused-ring (bicyclic) bond motifs is 1. The van der Waals surface area contributed by atoms with E-state index >= 15 is 0 Å². The number of hydrogen-bond donors (Lipinski definition) is 2. The Morgan fingerprint density at radius 1 is 1.25 bits per heavy atom. The van der Waals surface area contributed by atoms with E-state index in [1.54, 1.807) is 6.07 Å². The van der Waals surface area contributed by atoms with Crippen molar-refractivity contribution in [2.24, 2.45) is 5.92 Å². The molecule has 3 heterocycles. The maximum absolute atomic E-state index is 14.3. The minimum atomic E-state index is -0.450. The molecule has 0 aliphatic carbocycles. The van der Waals surface area contributed by atoms with Gasteiger partial charge in [-0.05, 0) is 45.3 Å². The number of carbonyl (C=O) groups excluding carboxylic acids is 1. The van der Waals surface area contributed by atoms with Crippen LogP contribution in [0.5, 0.6) is 0 Å². The molecule has 0 bridgehead atoms. The van der Waals surface area contributed by atoms with Gasteiger partial charge in [-0.3, -0.25) is 9.89 Å². The van der Waals surface area contributed by atoms with Crippen LogP contribution in [-0.4, -0.2) is 56.8 Å². The largest absolute Gasteiger partial charge is 0.349 e. The quantitative estimate of drug-likeness (QED) is 0.445. The molecule has 1 aromatic carbocycles. The molecule has 4 rings (SSSR count). The summed E-state index contributed by atoms with van der Waals surface area (Å²) in [4.78, 5) is 24.5. The number of H-pyrrole nitrogens is 1. The highest BCUT2D eigenvalue weighted by Gasteiger charge is 2.17. The third-order valence-electron chi connectivity index (χ3n) is 5.00. The fraction of sp³-hybridized carbons (Fsp3) is 0.318. The monoisotopic (exact) mass is 453 g/mol. The lowest BCUT2D eigenvalue weighted by Gasteiger charge is -2.16. The number of carbonyl (C=O) groups is 1. The van der Waals surface area contributed by atoms with Gasteiger partial charge in [-0.25, -0.2) is 14.4 Å². The average Bonchev–Trinajstić information content (AvgIpc) is 3.38. The van der Waals surface area contributed by atoms with Gasteiger partial charge < -0.3 is 10.2 Å². The third kappa shape index (κ3) is 4.66. The number of benzene rings is 1. The fourth-order valence-electron chi connectivity index (χ4n) is 3.52. The maximum Gasteiger partial charge on any atom is 0.224 e. The van der Waals surface area contributed by atoms with Gasteiger partial charge in [0.15, 0.2) is 5.82 Å². The predicted molar refractivity (Wildman–Crippen MR) is 122 cm³/mol. The van der Waals surface area contributed by atoms with Crippen molar-refractivity contribution in [3.63, 3.8) is 0 Å². The first-order valence-electron chi connectivity index (χ1n) is 10.2. The lowest BCUT2D eigenvalue weighted by Crippen LogP contribution is -2.34. The van der Waals surface area contributed by atoms with E-state index in [0.29, 0.717) is 29.9 Å². The molecular formula is C22H24FN7OS. The number of aromatic nitrogens is 5. The second-order valence-corrected chi connectivity index (χ2v) is 9.06. The summed E-state index contributed by atoms with van der Waals surface area (Å²) < 4.78 is 14.3. The smallest absolute Gasteiger partial charge is 0.224 e. The van der Waals surface area contributed by atoms with Crippen molar-refractivity contribution in [2.45, 2.75) is 20.4 Å². The summed E-state index contributed by atoms with van der Waals surface area (Å²) in [7, 11) is 3.89. The van der Waals surface area contributed by atoms with E-state index in [1.165, 1.54) is 17.4 Å². The van der Waals surface area contributed by atoms with Gasteiger partial charge in [0, 0.05) is 18.0 Å². The van der Waals surface area contributed by atoms with Gasteiger partial charge in [-0.15, -0.1) is 16.4 Å². The lowest BCUT2D eigenvalue weighted by molar-refractivity contribution is -0.125. The second-order valence-electron chi connectivity index (χ2n) is 7.98. The number of hydrogen-bond acceptors (Lipinski definition) is 7.